The van der Waals surface area contributed by atoms with Crippen molar-refractivity contribution in [3.8, 4) is 0 Å². The zero-order valence-electron chi connectivity index (χ0n) is 58.8. The van der Waals surface area contributed by atoms with Gasteiger partial charge in [0, 0.05) is 25.7 Å². The summed E-state index contributed by atoms with van der Waals surface area (Å²) in [6, 6.07) is 0. The van der Waals surface area contributed by atoms with Gasteiger partial charge in [0.15, 0.2) is 12.2 Å². The van der Waals surface area contributed by atoms with Crippen LogP contribution in [0.2, 0.25) is 0 Å². The molecule has 0 aromatic heterocycles. The molecule has 90 heavy (non-hydrogen) atoms. The summed E-state index contributed by atoms with van der Waals surface area (Å²) in [7, 11) is -9.90. The highest BCUT2D eigenvalue weighted by Gasteiger charge is 2.30. The van der Waals surface area contributed by atoms with E-state index in [1.807, 2.05) is 0 Å². The van der Waals surface area contributed by atoms with Gasteiger partial charge >= 0.3 is 39.5 Å². The van der Waals surface area contributed by atoms with E-state index in [1.54, 1.807) is 0 Å². The fourth-order valence-corrected chi connectivity index (χ4v) is 12.2. The summed E-state index contributed by atoms with van der Waals surface area (Å²) in [6.07, 6.45) is 43.2. The monoisotopic (exact) mass is 1320 g/mol. The minimum absolute atomic E-state index is 0.103. The number of hydrogen-bond donors (Lipinski definition) is 3. The molecule has 0 fully saturated rings. The number of ether oxygens (including phenoxy) is 4. The van der Waals surface area contributed by atoms with Crippen LogP contribution < -0.4 is 0 Å². The van der Waals surface area contributed by atoms with Crippen LogP contribution in [-0.4, -0.2) is 96.7 Å². The fourth-order valence-electron chi connectivity index (χ4n) is 10.6. The van der Waals surface area contributed by atoms with Gasteiger partial charge in [0.05, 0.1) is 26.4 Å². The Bertz CT molecular complexity index is 1780. The zero-order valence-corrected chi connectivity index (χ0v) is 60.6. The van der Waals surface area contributed by atoms with Gasteiger partial charge in [0.25, 0.3) is 0 Å². The summed E-state index contributed by atoms with van der Waals surface area (Å²) in [4.78, 5) is 72.5. The second kappa shape index (κ2) is 60.7. The highest BCUT2D eigenvalue weighted by molar-refractivity contribution is 7.47. The molecular weight excluding hydrogens is 1190 g/mol. The molecule has 19 heteroatoms. The van der Waals surface area contributed by atoms with Gasteiger partial charge in [-0.15, -0.1) is 0 Å². The van der Waals surface area contributed by atoms with E-state index in [0.717, 1.165) is 120 Å². The van der Waals surface area contributed by atoms with Gasteiger partial charge in [-0.1, -0.05) is 299 Å². The van der Waals surface area contributed by atoms with E-state index in [-0.39, 0.29) is 25.7 Å². The van der Waals surface area contributed by atoms with E-state index in [1.165, 1.54) is 148 Å². The van der Waals surface area contributed by atoms with Crippen LogP contribution in [0.5, 0.6) is 0 Å². The highest BCUT2D eigenvalue weighted by atomic mass is 31.2. The summed E-state index contributed by atoms with van der Waals surface area (Å²) >= 11 is 0. The van der Waals surface area contributed by atoms with Gasteiger partial charge < -0.3 is 33.8 Å². The molecule has 0 heterocycles. The van der Waals surface area contributed by atoms with Gasteiger partial charge in [-0.2, -0.15) is 0 Å². The van der Waals surface area contributed by atoms with Crippen molar-refractivity contribution in [3.63, 3.8) is 0 Å². The second-order valence-electron chi connectivity index (χ2n) is 27.3. The largest absolute Gasteiger partial charge is 0.472 e. The van der Waals surface area contributed by atoms with Crippen molar-refractivity contribution in [2.45, 2.75) is 369 Å². The maximum Gasteiger partial charge on any atom is 0.472 e. The number of aliphatic hydroxyl groups excluding tert-OH is 1. The van der Waals surface area contributed by atoms with E-state index in [9.17, 15) is 43.2 Å². The average Bonchev–Trinajstić information content (AvgIpc) is 3.53. The van der Waals surface area contributed by atoms with Crippen molar-refractivity contribution in [1.29, 1.82) is 0 Å². The Labute approximate surface area is 549 Å². The minimum Gasteiger partial charge on any atom is -0.462 e. The standard InChI is InChI=1S/C71H138O17P2/c1-9-64(8)50-42-34-29-30-36-44-52-69(74)82-58-67(87-70(75)53-45-37-27-18-16-14-12-10-11-13-15-17-23-31-39-47-61(2)3)60-86-90(79,80)84-56-65(72)55-83-89(77,78)85-59-66(88-71(76)54-46-38-28-22-20-25-33-41-49-63(6)7)57-81-68(73)51-43-35-26-21-19-24-32-40-48-62(4)5/h61-67,72H,9-60H2,1-8H3,(H,77,78)(H,79,80)/t64?,65?,66-,67-/m1/s1. The van der Waals surface area contributed by atoms with E-state index in [4.69, 9.17) is 37.0 Å². The molecule has 0 radical (unpaired) electrons. The van der Waals surface area contributed by atoms with Gasteiger partial charge in [-0.05, 0) is 49.4 Å². The van der Waals surface area contributed by atoms with E-state index < -0.39 is 97.5 Å². The van der Waals surface area contributed by atoms with Crippen molar-refractivity contribution < 1.29 is 80.2 Å². The van der Waals surface area contributed by atoms with Gasteiger partial charge in [-0.3, -0.25) is 37.3 Å². The Kier molecular flexibility index (Phi) is 59.4. The van der Waals surface area contributed by atoms with Crippen LogP contribution in [-0.2, 0) is 65.4 Å². The summed E-state index contributed by atoms with van der Waals surface area (Å²) in [6.45, 7) is 14.1. The first-order valence-electron chi connectivity index (χ1n) is 36.7. The maximum absolute atomic E-state index is 13.0. The number of carbonyl (C=O) groups excluding carboxylic acids is 4. The van der Waals surface area contributed by atoms with Crippen molar-refractivity contribution in [2.75, 3.05) is 39.6 Å². The van der Waals surface area contributed by atoms with Crippen molar-refractivity contribution in [1.82, 2.24) is 0 Å². The molecule has 0 aromatic rings. The topological polar surface area (TPSA) is 237 Å². The van der Waals surface area contributed by atoms with Crippen LogP contribution in [0.4, 0.5) is 0 Å². The summed E-state index contributed by atoms with van der Waals surface area (Å²) in [5.41, 5.74) is 0. The zero-order chi connectivity index (χ0) is 66.8. The van der Waals surface area contributed by atoms with Crippen molar-refractivity contribution in [2.24, 2.45) is 23.7 Å². The Morgan fingerprint density at radius 3 is 0.789 bits per heavy atom. The van der Waals surface area contributed by atoms with Gasteiger partial charge in [0.1, 0.15) is 19.3 Å². The number of esters is 4. The second-order valence-corrected chi connectivity index (χ2v) is 30.2. The molecule has 0 bridgehead atoms. The van der Waals surface area contributed by atoms with Crippen molar-refractivity contribution in [3.05, 3.63) is 0 Å². The average molecular weight is 1330 g/mol. The predicted molar refractivity (Wildman–Crippen MR) is 363 cm³/mol. The number of phosphoric ester groups is 2. The lowest BCUT2D eigenvalue weighted by molar-refractivity contribution is -0.161. The fraction of sp³-hybridized carbons (Fsp3) is 0.944. The molecule has 0 saturated carbocycles. The number of carbonyl (C=O) groups is 4. The van der Waals surface area contributed by atoms with Crippen LogP contribution in [0.3, 0.4) is 0 Å². The Balaban J connectivity index is 5.22. The SMILES string of the molecule is CCC(C)CCCCCCCCC(=O)OC[C@H](COP(=O)(O)OCC(O)COP(=O)(O)OC[C@@H](COC(=O)CCCCCCCCCCC(C)C)OC(=O)CCCCCCCCCCC(C)C)OC(=O)CCCCCCCCCCCCCCCCCC(C)C. The number of hydrogen-bond acceptors (Lipinski definition) is 15. The normalized spacial score (nSPS) is 14.6. The first-order chi connectivity index (χ1) is 43.1. The Hall–Kier alpha value is -1.94. The molecule has 0 saturated heterocycles. The molecule has 17 nitrogen and oxygen atoms in total. The van der Waals surface area contributed by atoms with Crippen LogP contribution in [0.15, 0.2) is 0 Å². The highest BCUT2D eigenvalue weighted by Crippen LogP contribution is 2.45. The number of aliphatic hydroxyl groups is 1. The van der Waals surface area contributed by atoms with Crippen LogP contribution >= 0.6 is 15.6 Å². The minimum atomic E-state index is -4.95. The molecule has 0 spiro atoms. The third kappa shape index (κ3) is 63.5. The maximum atomic E-state index is 13.0. The summed E-state index contributed by atoms with van der Waals surface area (Å²) in [5, 5.41) is 10.6. The predicted octanol–water partition coefficient (Wildman–Crippen LogP) is 20.1. The first-order valence-corrected chi connectivity index (χ1v) is 39.7. The molecule has 0 aromatic carbocycles. The molecule has 0 rings (SSSR count). The quantitative estimate of drug-likeness (QED) is 0.0222. The van der Waals surface area contributed by atoms with E-state index >= 15 is 0 Å². The summed E-state index contributed by atoms with van der Waals surface area (Å²) in [5.74, 6) is 0.847. The molecule has 0 aliphatic heterocycles. The summed E-state index contributed by atoms with van der Waals surface area (Å²) < 4.78 is 68.3. The lowest BCUT2D eigenvalue weighted by Crippen LogP contribution is -2.30. The lowest BCUT2D eigenvalue weighted by Gasteiger charge is -2.21. The van der Waals surface area contributed by atoms with E-state index in [2.05, 4.69) is 55.4 Å². The van der Waals surface area contributed by atoms with Crippen molar-refractivity contribution >= 4 is 39.5 Å². The third-order valence-electron chi connectivity index (χ3n) is 16.7. The van der Waals surface area contributed by atoms with Crippen LogP contribution in [0.1, 0.15) is 351 Å². The smallest absolute Gasteiger partial charge is 0.462 e. The van der Waals surface area contributed by atoms with E-state index in [0.29, 0.717) is 25.7 Å². The Morgan fingerprint density at radius 2 is 0.533 bits per heavy atom. The first kappa shape index (κ1) is 88.1. The van der Waals surface area contributed by atoms with Gasteiger partial charge in [-0.25, -0.2) is 9.13 Å². The van der Waals surface area contributed by atoms with Gasteiger partial charge in [0.2, 0.25) is 0 Å². The third-order valence-corrected chi connectivity index (χ3v) is 18.6. The van der Waals surface area contributed by atoms with Crippen LogP contribution in [0, 0.1) is 23.7 Å². The molecule has 0 aliphatic carbocycles. The Morgan fingerprint density at radius 1 is 0.311 bits per heavy atom. The lowest BCUT2D eigenvalue weighted by atomic mass is 10.00. The molecule has 0 aliphatic rings. The molecule has 534 valence electrons. The number of unbranched alkanes of at least 4 members (excludes halogenated alkanes) is 33. The number of phosphoric acid groups is 2. The molecule has 6 atom stereocenters. The number of rotatable bonds is 68. The molecule has 0 amide bonds. The molecular formula is C71H138O17P2. The molecule has 4 unspecified atom stereocenters. The molecule has 3 N–H and O–H groups in total. The van der Waals surface area contributed by atoms with Crippen LogP contribution in [0.25, 0.3) is 0 Å².